The molecule has 0 saturated carbocycles. The first-order chi connectivity index (χ1) is 12.2. The quantitative estimate of drug-likeness (QED) is 0.579. The van der Waals surface area contributed by atoms with Crippen molar-refractivity contribution in [2.45, 2.75) is 4.90 Å². The minimum atomic E-state index is -0.157. The standard InChI is InChI=1S/C19H14N4OS/c24-18-10-12-22(15-7-4-8-16(25)13-15)21-19(18)17-9-11-20-23(17)14-5-2-1-3-6-14/h1-13,25H. The van der Waals surface area contributed by atoms with Gasteiger partial charge in [0.1, 0.15) is 0 Å². The smallest absolute Gasteiger partial charge is 0.209 e. The summed E-state index contributed by atoms with van der Waals surface area (Å²) < 4.78 is 3.38. The van der Waals surface area contributed by atoms with Crippen LogP contribution in [0.1, 0.15) is 0 Å². The lowest BCUT2D eigenvalue weighted by atomic mass is 10.2. The third kappa shape index (κ3) is 2.99. The normalized spacial score (nSPS) is 10.8. The number of aromatic nitrogens is 4. The van der Waals surface area contributed by atoms with Crippen molar-refractivity contribution in [1.29, 1.82) is 0 Å². The van der Waals surface area contributed by atoms with Gasteiger partial charge >= 0.3 is 0 Å². The average molecular weight is 346 g/mol. The van der Waals surface area contributed by atoms with E-state index in [4.69, 9.17) is 0 Å². The molecule has 25 heavy (non-hydrogen) atoms. The summed E-state index contributed by atoms with van der Waals surface area (Å²) in [5.41, 5.74) is 2.54. The molecule has 0 radical (unpaired) electrons. The molecule has 0 unspecified atom stereocenters. The molecule has 0 aliphatic carbocycles. The van der Waals surface area contributed by atoms with Crippen molar-refractivity contribution in [3.05, 3.63) is 89.3 Å². The zero-order valence-electron chi connectivity index (χ0n) is 13.1. The first-order valence-electron chi connectivity index (χ1n) is 7.71. The topological polar surface area (TPSA) is 52.7 Å². The van der Waals surface area contributed by atoms with Crippen molar-refractivity contribution >= 4 is 12.6 Å². The van der Waals surface area contributed by atoms with Crippen molar-refractivity contribution < 1.29 is 0 Å². The lowest BCUT2D eigenvalue weighted by Crippen LogP contribution is -2.14. The Kier molecular flexibility index (Phi) is 3.95. The number of hydrogen-bond donors (Lipinski definition) is 1. The van der Waals surface area contributed by atoms with E-state index < -0.39 is 0 Å². The largest absolute Gasteiger partial charge is 0.287 e. The first kappa shape index (κ1) is 15.4. The zero-order chi connectivity index (χ0) is 17.2. The second kappa shape index (κ2) is 6.41. The molecule has 122 valence electrons. The molecule has 0 atom stereocenters. The minimum absolute atomic E-state index is 0.157. The summed E-state index contributed by atoms with van der Waals surface area (Å²) in [7, 11) is 0. The van der Waals surface area contributed by atoms with E-state index in [-0.39, 0.29) is 5.43 Å². The van der Waals surface area contributed by atoms with Gasteiger partial charge in [-0.05, 0) is 36.4 Å². The molecule has 4 rings (SSSR count). The van der Waals surface area contributed by atoms with Crippen LogP contribution in [0.5, 0.6) is 0 Å². The van der Waals surface area contributed by atoms with Crippen molar-refractivity contribution in [3.63, 3.8) is 0 Å². The molecule has 5 nitrogen and oxygen atoms in total. The molecule has 2 aromatic heterocycles. The Morgan fingerprint density at radius 2 is 1.68 bits per heavy atom. The van der Waals surface area contributed by atoms with Gasteiger partial charge in [0.15, 0.2) is 5.69 Å². The summed E-state index contributed by atoms with van der Waals surface area (Å²) in [4.78, 5) is 13.2. The third-order valence-corrected chi connectivity index (χ3v) is 4.07. The van der Waals surface area contributed by atoms with E-state index in [1.807, 2.05) is 54.6 Å². The molecule has 0 N–H and O–H groups in total. The second-order valence-electron chi connectivity index (χ2n) is 5.46. The molecule has 2 heterocycles. The Hall–Kier alpha value is -3.12. The summed E-state index contributed by atoms with van der Waals surface area (Å²) >= 11 is 4.36. The number of nitrogens with zero attached hydrogens (tertiary/aromatic N) is 4. The van der Waals surface area contributed by atoms with Crippen molar-refractivity contribution in [2.75, 3.05) is 0 Å². The maximum atomic E-state index is 12.4. The fraction of sp³-hybridized carbons (Fsp3) is 0. The molecular formula is C19H14N4OS. The van der Waals surface area contributed by atoms with Crippen LogP contribution in [0.25, 0.3) is 22.8 Å². The van der Waals surface area contributed by atoms with Gasteiger partial charge in [0.25, 0.3) is 0 Å². The molecule has 0 aliphatic heterocycles. The summed E-state index contributed by atoms with van der Waals surface area (Å²) in [6.07, 6.45) is 3.31. The highest BCUT2D eigenvalue weighted by Crippen LogP contribution is 2.19. The number of para-hydroxylation sites is 1. The van der Waals surface area contributed by atoms with Gasteiger partial charge in [-0.3, -0.25) is 4.79 Å². The van der Waals surface area contributed by atoms with E-state index in [2.05, 4.69) is 22.8 Å². The van der Waals surface area contributed by atoms with Crippen molar-refractivity contribution in [2.24, 2.45) is 0 Å². The highest BCUT2D eigenvalue weighted by molar-refractivity contribution is 7.80. The van der Waals surface area contributed by atoms with E-state index in [9.17, 15) is 4.79 Å². The van der Waals surface area contributed by atoms with Crippen molar-refractivity contribution in [1.82, 2.24) is 19.6 Å². The van der Waals surface area contributed by atoms with Gasteiger partial charge in [-0.25, -0.2) is 9.36 Å². The van der Waals surface area contributed by atoms with E-state index in [0.717, 1.165) is 16.3 Å². The van der Waals surface area contributed by atoms with Crippen LogP contribution in [0, 0.1) is 0 Å². The van der Waals surface area contributed by atoms with Gasteiger partial charge in [-0.1, -0.05) is 24.3 Å². The fourth-order valence-corrected chi connectivity index (χ4v) is 2.84. The molecule has 4 aromatic rings. The maximum Gasteiger partial charge on any atom is 0.209 e. The first-order valence-corrected chi connectivity index (χ1v) is 8.16. The Balaban J connectivity index is 1.86. The molecule has 0 aliphatic rings. The van der Waals surface area contributed by atoms with E-state index in [1.54, 1.807) is 27.8 Å². The van der Waals surface area contributed by atoms with Gasteiger partial charge in [0.05, 0.1) is 23.3 Å². The molecule has 0 bridgehead atoms. The number of benzene rings is 2. The number of thiol groups is 1. The van der Waals surface area contributed by atoms with Gasteiger partial charge in [0.2, 0.25) is 5.43 Å². The Morgan fingerprint density at radius 3 is 2.48 bits per heavy atom. The zero-order valence-corrected chi connectivity index (χ0v) is 14.0. The molecular weight excluding hydrogens is 332 g/mol. The number of rotatable bonds is 3. The highest BCUT2D eigenvalue weighted by atomic mass is 32.1. The lowest BCUT2D eigenvalue weighted by molar-refractivity contribution is 0.821. The van der Waals surface area contributed by atoms with E-state index >= 15 is 0 Å². The summed E-state index contributed by atoms with van der Waals surface area (Å²) in [6.45, 7) is 0. The molecule has 0 amide bonds. The molecule has 0 spiro atoms. The average Bonchev–Trinajstić information content (AvgIpc) is 3.12. The Bertz CT molecular complexity index is 1090. The van der Waals surface area contributed by atoms with Crippen LogP contribution in [-0.2, 0) is 0 Å². The van der Waals surface area contributed by atoms with Crippen LogP contribution in [0.4, 0.5) is 0 Å². The van der Waals surface area contributed by atoms with Crippen molar-refractivity contribution in [3.8, 4) is 22.8 Å². The Morgan fingerprint density at radius 1 is 0.880 bits per heavy atom. The molecule has 0 fully saturated rings. The predicted molar refractivity (Wildman–Crippen MR) is 99.6 cm³/mol. The highest BCUT2D eigenvalue weighted by Gasteiger charge is 2.13. The van der Waals surface area contributed by atoms with Crippen LogP contribution in [0.15, 0.2) is 88.8 Å². The Labute approximate surface area is 149 Å². The van der Waals surface area contributed by atoms with E-state index in [1.165, 1.54) is 6.07 Å². The molecule has 6 heteroatoms. The van der Waals surface area contributed by atoms with Crippen LogP contribution in [-0.4, -0.2) is 19.6 Å². The van der Waals surface area contributed by atoms with Gasteiger partial charge < -0.3 is 0 Å². The minimum Gasteiger partial charge on any atom is -0.287 e. The van der Waals surface area contributed by atoms with Crippen LogP contribution >= 0.6 is 12.6 Å². The van der Waals surface area contributed by atoms with Gasteiger partial charge in [0, 0.05) is 17.2 Å². The van der Waals surface area contributed by atoms with Crippen LogP contribution in [0.2, 0.25) is 0 Å². The van der Waals surface area contributed by atoms with Crippen LogP contribution in [0.3, 0.4) is 0 Å². The molecule has 2 aromatic carbocycles. The SMILES string of the molecule is O=c1ccn(-c2cccc(S)c2)nc1-c1ccnn1-c1ccccc1. The van der Waals surface area contributed by atoms with E-state index in [0.29, 0.717) is 11.4 Å². The molecule has 0 saturated heterocycles. The maximum absolute atomic E-state index is 12.4. The van der Waals surface area contributed by atoms with Crippen LogP contribution < -0.4 is 5.43 Å². The second-order valence-corrected chi connectivity index (χ2v) is 5.97. The fourth-order valence-electron chi connectivity index (χ4n) is 2.62. The lowest BCUT2D eigenvalue weighted by Gasteiger charge is -2.10. The third-order valence-electron chi connectivity index (χ3n) is 3.79. The monoisotopic (exact) mass is 346 g/mol. The predicted octanol–water partition coefficient (Wildman–Crippen LogP) is 3.37. The number of hydrogen-bond acceptors (Lipinski definition) is 4. The summed E-state index contributed by atoms with van der Waals surface area (Å²) in [5.74, 6) is 0. The van der Waals surface area contributed by atoms with Gasteiger partial charge in [-0.2, -0.15) is 10.2 Å². The summed E-state index contributed by atoms with van der Waals surface area (Å²) in [6, 6.07) is 20.5. The summed E-state index contributed by atoms with van der Waals surface area (Å²) in [5, 5.41) is 8.86. The van der Waals surface area contributed by atoms with Gasteiger partial charge in [-0.15, -0.1) is 12.6 Å².